The lowest BCUT2D eigenvalue weighted by Gasteiger charge is -2.17. The number of imidazole rings is 1. The van der Waals surface area contributed by atoms with E-state index in [-0.39, 0.29) is 36.7 Å². The molecule has 3 amide bonds. The van der Waals surface area contributed by atoms with Gasteiger partial charge in [0.15, 0.2) is 0 Å². The minimum atomic E-state index is -0.353. The largest absolute Gasteiger partial charge is 0.346 e. The first-order valence-corrected chi connectivity index (χ1v) is 9.93. The van der Waals surface area contributed by atoms with Crippen molar-refractivity contribution in [3.05, 3.63) is 77.7 Å². The van der Waals surface area contributed by atoms with E-state index in [0.717, 1.165) is 16.2 Å². The van der Waals surface area contributed by atoms with Gasteiger partial charge in [0.2, 0.25) is 5.91 Å². The Kier molecular flexibility index (Phi) is 5.43. The second-order valence-electron chi connectivity index (χ2n) is 7.13. The summed E-state index contributed by atoms with van der Waals surface area (Å²) in [6, 6.07) is 16.2. The molecule has 1 aromatic heterocycles. The highest BCUT2D eigenvalue weighted by molar-refractivity contribution is 6.21. The molecule has 0 aliphatic carbocycles. The van der Waals surface area contributed by atoms with E-state index in [4.69, 9.17) is 0 Å². The highest BCUT2D eigenvalue weighted by Crippen LogP contribution is 2.23. The Labute approximate surface area is 174 Å². The van der Waals surface area contributed by atoms with Crippen LogP contribution in [0, 0.1) is 0 Å². The van der Waals surface area contributed by atoms with E-state index in [1.165, 1.54) is 0 Å². The fourth-order valence-electron chi connectivity index (χ4n) is 3.56. The third kappa shape index (κ3) is 3.74. The molecule has 2 aromatic carbocycles. The van der Waals surface area contributed by atoms with E-state index < -0.39 is 0 Å². The molecule has 2 N–H and O–H groups in total. The fourth-order valence-corrected chi connectivity index (χ4v) is 3.56. The number of benzene rings is 2. The molecule has 0 fully saturated rings. The van der Waals surface area contributed by atoms with Crippen molar-refractivity contribution in [2.24, 2.45) is 0 Å². The number of hydrogen-bond acceptors (Lipinski definition) is 4. The topological polar surface area (TPSA) is 95.2 Å². The van der Waals surface area contributed by atoms with Crippen LogP contribution in [0.4, 0.5) is 0 Å². The third-order valence-electron chi connectivity index (χ3n) is 5.19. The number of fused-ring (bicyclic) bond motifs is 1. The van der Waals surface area contributed by atoms with Crippen LogP contribution in [-0.4, -0.2) is 39.1 Å². The third-order valence-corrected chi connectivity index (χ3v) is 5.19. The molecule has 1 atom stereocenters. The van der Waals surface area contributed by atoms with E-state index in [0.29, 0.717) is 23.4 Å². The molecule has 3 aromatic rings. The number of aromatic amines is 1. The Morgan fingerprint density at radius 1 is 1.03 bits per heavy atom. The van der Waals surface area contributed by atoms with Crippen molar-refractivity contribution in [1.82, 2.24) is 20.2 Å². The van der Waals surface area contributed by atoms with Gasteiger partial charge in [-0.25, -0.2) is 4.98 Å². The number of aromatic nitrogens is 2. The minimum absolute atomic E-state index is 0.0359. The molecule has 30 heavy (non-hydrogen) atoms. The zero-order chi connectivity index (χ0) is 21.1. The first-order chi connectivity index (χ1) is 14.6. The van der Waals surface area contributed by atoms with Crippen molar-refractivity contribution in [2.45, 2.75) is 25.8 Å². The van der Waals surface area contributed by atoms with Gasteiger partial charge in [-0.2, -0.15) is 0 Å². The lowest BCUT2D eigenvalue weighted by molar-refractivity contribution is -0.122. The molecule has 4 rings (SSSR count). The van der Waals surface area contributed by atoms with E-state index >= 15 is 0 Å². The Morgan fingerprint density at radius 3 is 2.30 bits per heavy atom. The Hall–Kier alpha value is -3.74. The van der Waals surface area contributed by atoms with Gasteiger partial charge in [-0.3, -0.25) is 19.3 Å². The number of nitrogens with one attached hydrogen (secondary N) is 2. The zero-order valence-electron chi connectivity index (χ0n) is 16.6. The summed E-state index contributed by atoms with van der Waals surface area (Å²) < 4.78 is 0. The summed E-state index contributed by atoms with van der Waals surface area (Å²) in [7, 11) is 0. The Morgan fingerprint density at radius 2 is 1.67 bits per heavy atom. The van der Waals surface area contributed by atoms with Gasteiger partial charge >= 0.3 is 0 Å². The molecule has 7 nitrogen and oxygen atoms in total. The second kappa shape index (κ2) is 8.32. The average Bonchev–Trinajstić information content (AvgIpc) is 3.36. The van der Waals surface area contributed by atoms with Crippen molar-refractivity contribution in [1.29, 1.82) is 0 Å². The summed E-state index contributed by atoms with van der Waals surface area (Å²) in [4.78, 5) is 46.1. The molecular formula is C23H22N4O3. The number of rotatable bonds is 7. The number of nitrogens with zero attached hydrogens (tertiary/aromatic N) is 2. The summed E-state index contributed by atoms with van der Waals surface area (Å²) >= 11 is 0. The van der Waals surface area contributed by atoms with Crippen LogP contribution in [0.2, 0.25) is 0 Å². The number of carbonyl (C=O) groups excluding carboxylic acids is 3. The summed E-state index contributed by atoms with van der Waals surface area (Å²) in [5.74, 6) is -0.274. The lowest BCUT2D eigenvalue weighted by atomic mass is 10.1. The molecule has 0 bridgehead atoms. The van der Waals surface area contributed by atoms with Crippen LogP contribution in [0.15, 0.2) is 60.8 Å². The highest BCUT2D eigenvalue weighted by atomic mass is 16.2. The summed E-state index contributed by atoms with van der Waals surface area (Å²) in [5.41, 5.74) is 2.67. The molecule has 1 aliphatic rings. The normalized spacial score (nSPS) is 14.0. The van der Waals surface area contributed by atoms with Gasteiger partial charge in [0.05, 0.1) is 29.1 Å². The molecule has 152 valence electrons. The van der Waals surface area contributed by atoms with Gasteiger partial charge in [-0.1, -0.05) is 49.4 Å². The van der Waals surface area contributed by atoms with Crippen molar-refractivity contribution >= 4 is 17.7 Å². The van der Waals surface area contributed by atoms with E-state index in [1.54, 1.807) is 30.5 Å². The number of imide groups is 1. The summed E-state index contributed by atoms with van der Waals surface area (Å²) in [6.07, 6.45) is 2.44. The first kappa shape index (κ1) is 19.6. The molecule has 0 saturated carbocycles. The molecular weight excluding hydrogens is 380 g/mol. The van der Waals surface area contributed by atoms with Gasteiger partial charge in [-0.15, -0.1) is 0 Å². The van der Waals surface area contributed by atoms with Crippen LogP contribution in [0.3, 0.4) is 0 Å². The van der Waals surface area contributed by atoms with E-state index in [9.17, 15) is 14.4 Å². The van der Waals surface area contributed by atoms with Crippen LogP contribution in [-0.2, 0) is 4.79 Å². The number of hydrogen-bond donors (Lipinski definition) is 2. The SMILES string of the molecule is CC[C@@H](NC(=O)CCN1C(=O)c2ccccc2C1=O)c1ncc(-c2ccccc2)[nH]1. The zero-order valence-corrected chi connectivity index (χ0v) is 16.6. The number of H-pyrrole nitrogens is 1. The molecule has 0 unspecified atom stereocenters. The second-order valence-corrected chi connectivity index (χ2v) is 7.13. The molecule has 7 heteroatoms. The minimum Gasteiger partial charge on any atom is -0.346 e. The van der Waals surface area contributed by atoms with Gasteiger partial charge < -0.3 is 10.3 Å². The van der Waals surface area contributed by atoms with Crippen LogP contribution in [0.25, 0.3) is 11.3 Å². The van der Waals surface area contributed by atoms with Crippen LogP contribution in [0.1, 0.15) is 52.3 Å². The van der Waals surface area contributed by atoms with Crippen molar-refractivity contribution in [3.63, 3.8) is 0 Å². The molecule has 0 radical (unpaired) electrons. The van der Waals surface area contributed by atoms with Crippen molar-refractivity contribution in [2.75, 3.05) is 6.54 Å². The quantitative estimate of drug-likeness (QED) is 0.593. The highest BCUT2D eigenvalue weighted by Gasteiger charge is 2.35. The molecule has 0 saturated heterocycles. The standard InChI is InChI=1S/C23H22N4O3/c1-2-18(21-24-14-19(26-21)15-8-4-3-5-9-15)25-20(28)12-13-27-22(29)16-10-6-7-11-17(16)23(27)30/h3-11,14,18H,2,12-13H2,1H3,(H,24,26)(H,25,28)/t18-/m1/s1. The molecule has 2 heterocycles. The van der Waals surface area contributed by atoms with Crippen LogP contribution >= 0.6 is 0 Å². The van der Waals surface area contributed by atoms with Crippen molar-refractivity contribution in [3.8, 4) is 11.3 Å². The van der Waals surface area contributed by atoms with E-state index in [1.807, 2.05) is 37.3 Å². The van der Waals surface area contributed by atoms with E-state index in [2.05, 4.69) is 15.3 Å². The maximum atomic E-state index is 12.5. The Bertz CT molecular complexity index is 1060. The first-order valence-electron chi connectivity index (χ1n) is 9.93. The van der Waals surface area contributed by atoms with Crippen LogP contribution < -0.4 is 5.32 Å². The molecule has 0 spiro atoms. The maximum absolute atomic E-state index is 12.5. The van der Waals surface area contributed by atoms with Gasteiger partial charge in [0.25, 0.3) is 11.8 Å². The summed E-state index contributed by atoms with van der Waals surface area (Å²) in [6.45, 7) is 2.00. The number of carbonyl (C=O) groups is 3. The van der Waals surface area contributed by atoms with Gasteiger partial charge in [0.1, 0.15) is 5.82 Å². The number of amides is 3. The predicted octanol–water partition coefficient (Wildman–Crippen LogP) is 3.33. The lowest BCUT2D eigenvalue weighted by Crippen LogP contribution is -2.35. The smallest absolute Gasteiger partial charge is 0.261 e. The van der Waals surface area contributed by atoms with Gasteiger partial charge in [-0.05, 0) is 24.1 Å². The predicted molar refractivity (Wildman–Crippen MR) is 112 cm³/mol. The fraction of sp³-hybridized carbons (Fsp3) is 0.217. The van der Waals surface area contributed by atoms with Crippen LogP contribution in [0.5, 0.6) is 0 Å². The molecule has 1 aliphatic heterocycles. The van der Waals surface area contributed by atoms with Gasteiger partial charge in [0, 0.05) is 13.0 Å². The average molecular weight is 402 g/mol. The summed E-state index contributed by atoms with van der Waals surface area (Å²) in [5, 5.41) is 2.94. The monoisotopic (exact) mass is 402 g/mol. The maximum Gasteiger partial charge on any atom is 0.261 e. The Balaban J connectivity index is 1.37. The van der Waals surface area contributed by atoms with Crippen molar-refractivity contribution < 1.29 is 14.4 Å².